The van der Waals surface area contributed by atoms with E-state index >= 15 is 0 Å². The quantitative estimate of drug-likeness (QED) is 0.452. The second-order valence-electron chi connectivity index (χ2n) is 2.98. The summed E-state index contributed by atoms with van der Waals surface area (Å²) in [5.41, 5.74) is 1.17. The molecule has 0 fully saturated rings. The summed E-state index contributed by atoms with van der Waals surface area (Å²) in [5.74, 6) is -0.359. The van der Waals surface area contributed by atoms with E-state index in [1.807, 2.05) is 43.3 Å². The Morgan fingerprint density at radius 3 is 1.94 bits per heavy atom. The maximum Gasteiger partial charge on any atom is 0.330 e. The summed E-state index contributed by atoms with van der Waals surface area (Å²) in [5, 5.41) is 0. The molecule has 1 rings (SSSR count). The molecule has 0 aromatic heterocycles. The molecule has 0 saturated heterocycles. The van der Waals surface area contributed by atoms with Gasteiger partial charge in [-0.25, -0.2) is 4.79 Å². The fraction of sp³-hybridized carbons (Fsp3) is 0.188. The van der Waals surface area contributed by atoms with Crippen molar-refractivity contribution in [3.63, 3.8) is 0 Å². The first-order valence-corrected chi connectivity index (χ1v) is 5.69. The van der Waals surface area contributed by atoms with Crippen LogP contribution in [0.3, 0.4) is 0 Å². The van der Waals surface area contributed by atoms with Gasteiger partial charge in [-0.05, 0) is 19.4 Å². The highest BCUT2D eigenvalue weighted by Gasteiger charge is 1.86. The van der Waals surface area contributed by atoms with E-state index in [-0.39, 0.29) is 5.97 Å². The van der Waals surface area contributed by atoms with Crippen LogP contribution >= 0.6 is 0 Å². The van der Waals surface area contributed by atoms with E-state index < -0.39 is 0 Å². The molecule has 98 valence electrons. The van der Waals surface area contributed by atoms with E-state index in [2.05, 4.69) is 24.5 Å². The molecule has 0 spiro atoms. The van der Waals surface area contributed by atoms with Crippen LogP contribution in [0.1, 0.15) is 19.4 Å². The van der Waals surface area contributed by atoms with E-state index in [1.165, 1.54) is 5.56 Å². The van der Waals surface area contributed by atoms with E-state index in [9.17, 15) is 4.79 Å². The summed E-state index contributed by atoms with van der Waals surface area (Å²) in [6.45, 7) is 14.3. The van der Waals surface area contributed by atoms with E-state index in [0.717, 1.165) is 6.08 Å². The molecule has 0 N–H and O–H groups in total. The van der Waals surface area contributed by atoms with Gasteiger partial charge in [0.25, 0.3) is 0 Å². The minimum absolute atomic E-state index is 0.359. The van der Waals surface area contributed by atoms with Crippen LogP contribution in [0.2, 0.25) is 0 Å². The Labute approximate surface area is 110 Å². The Balaban J connectivity index is 0. The van der Waals surface area contributed by atoms with Gasteiger partial charge in [0.2, 0.25) is 0 Å². The third kappa shape index (κ3) is 13.9. The lowest BCUT2D eigenvalue weighted by Crippen LogP contribution is -1.97. The van der Waals surface area contributed by atoms with Gasteiger partial charge < -0.3 is 4.74 Å². The first-order chi connectivity index (χ1) is 8.65. The second-order valence-corrected chi connectivity index (χ2v) is 2.98. The van der Waals surface area contributed by atoms with Crippen LogP contribution in [0, 0.1) is 0 Å². The van der Waals surface area contributed by atoms with Gasteiger partial charge in [0.15, 0.2) is 0 Å². The fourth-order valence-corrected chi connectivity index (χ4v) is 0.790. The number of carbonyl (C=O) groups excluding carboxylic acids is 1. The lowest BCUT2D eigenvalue weighted by molar-refractivity contribution is -0.137. The van der Waals surface area contributed by atoms with Gasteiger partial charge in [-0.3, -0.25) is 0 Å². The van der Waals surface area contributed by atoms with Crippen molar-refractivity contribution in [2.24, 2.45) is 0 Å². The molecule has 1 aromatic rings. The molecule has 0 atom stereocenters. The minimum Gasteiger partial charge on any atom is -0.463 e. The largest absolute Gasteiger partial charge is 0.463 e. The van der Waals surface area contributed by atoms with Crippen LogP contribution < -0.4 is 0 Å². The summed E-state index contributed by atoms with van der Waals surface area (Å²) in [7, 11) is 0. The van der Waals surface area contributed by atoms with Crippen molar-refractivity contribution in [2.45, 2.75) is 13.8 Å². The normalized spacial score (nSPS) is 7.44. The van der Waals surface area contributed by atoms with Crippen LogP contribution in [0.5, 0.6) is 0 Å². The van der Waals surface area contributed by atoms with Crippen LogP contribution in [-0.4, -0.2) is 12.6 Å². The number of allylic oxidation sites excluding steroid dienone is 1. The smallest absolute Gasteiger partial charge is 0.330 e. The highest BCUT2D eigenvalue weighted by atomic mass is 16.5. The van der Waals surface area contributed by atoms with Crippen molar-refractivity contribution in [3.8, 4) is 0 Å². The molecule has 2 heteroatoms. The maximum atomic E-state index is 10.1. The molecule has 0 bridgehead atoms. The standard InChI is InChI=1S/C8H8.C5H8O2.C3H6/c1-2-8-6-4-3-5-7-8;1-3-5(6)7-4-2;1-3-2/h2-7H,1H2;3H,1,4H2,2H3;3H,1H2,2H3. The molecular formula is C16H22O2. The van der Waals surface area contributed by atoms with E-state index in [0.29, 0.717) is 6.61 Å². The summed E-state index contributed by atoms with van der Waals surface area (Å²) in [6.07, 6.45) is 4.73. The average molecular weight is 246 g/mol. The van der Waals surface area contributed by atoms with Gasteiger partial charge in [0, 0.05) is 6.08 Å². The summed E-state index contributed by atoms with van der Waals surface area (Å²) >= 11 is 0. The summed E-state index contributed by atoms with van der Waals surface area (Å²) in [4.78, 5) is 10.1. The Bertz CT molecular complexity index is 339. The van der Waals surface area contributed by atoms with Gasteiger partial charge in [-0.2, -0.15) is 0 Å². The van der Waals surface area contributed by atoms with Gasteiger partial charge in [-0.15, -0.1) is 6.58 Å². The zero-order valence-electron chi connectivity index (χ0n) is 11.3. The fourth-order valence-electron chi connectivity index (χ4n) is 0.790. The summed E-state index contributed by atoms with van der Waals surface area (Å²) < 4.78 is 4.43. The molecular weight excluding hydrogens is 224 g/mol. The number of hydrogen-bond acceptors (Lipinski definition) is 2. The Morgan fingerprint density at radius 2 is 1.72 bits per heavy atom. The van der Waals surface area contributed by atoms with Crippen LogP contribution in [-0.2, 0) is 9.53 Å². The van der Waals surface area contributed by atoms with Crippen molar-refractivity contribution in [3.05, 3.63) is 67.8 Å². The zero-order valence-corrected chi connectivity index (χ0v) is 11.3. The minimum atomic E-state index is -0.359. The Hall–Kier alpha value is -2.09. The van der Waals surface area contributed by atoms with Crippen LogP contribution in [0.4, 0.5) is 0 Å². The Kier molecular flexibility index (Phi) is 15.1. The lowest BCUT2D eigenvalue weighted by atomic mass is 10.2. The number of rotatable bonds is 3. The average Bonchev–Trinajstić information content (AvgIpc) is 2.41. The zero-order chi connectivity index (χ0) is 14.2. The highest BCUT2D eigenvalue weighted by Crippen LogP contribution is 1.97. The third-order valence-corrected chi connectivity index (χ3v) is 1.49. The number of ether oxygens (including phenoxy) is 1. The molecule has 0 aliphatic heterocycles. The number of hydrogen-bond donors (Lipinski definition) is 0. The Morgan fingerprint density at radius 1 is 1.22 bits per heavy atom. The number of benzene rings is 1. The molecule has 0 unspecified atom stereocenters. The van der Waals surface area contributed by atoms with E-state index in [1.54, 1.807) is 13.0 Å². The monoisotopic (exact) mass is 246 g/mol. The third-order valence-electron chi connectivity index (χ3n) is 1.49. The first kappa shape index (κ1) is 18.3. The number of esters is 1. The molecule has 0 amide bonds. The predicted molar refractivity (Wildman–Crippen MR) is 79.2 cm³/mol. The van der Waals surface area contributed by atoms with Gasteiger partial charge in [0.05, 0.1) is 6.61 Å². The van der Waals surface area contributed by atoms with Crippen LogP contribution in [0.25, 0.3) is 6.08 Å². The second kappa shape index (κ2) is 14.9. The molecule has 0 heterocycles. The van der Waals surface area contributed by atoms with Crippen molar-refractivity contribution in [1.29, 1.82) is 0 Å². The predicted octanol–water partition coefficient (Wildman–Crippen LogP) is 4.26. The molecule has 0 radical (unpaired) electrons. The molecule has 0 aliphatic carbocycles. The summed E-state index contributed by atoms with van der Waals surface area (Å²) in [6, 6.07) is 10.0. The highest BCUT2D eigenvalue weighted by molar-refractivity contribution is 5.81. The molecule has 1 aromatic carbocycles. The lowest BCUT2D eigenvalue weighted by Gasteiger charge is -1.90. The topological polar surface area (TPSA) is 26.3 Å². The van der Waals surface area contributed by atoms with Gasteiger partial charge in [0.1, 0.15) is 0 Å². The molecule has 18 heavy (non-hydrogen) atoms. The molecule has 0 saturated carbocycles. The van der Waals surface area contributed by atoms with Gasteiger partial charge >= 0.3 is 5.97 Å². The van der Waals surface area contributed by atoms with E-state index in [4.69, 9.17) is 0 Å². The SMILES string of the molecule is C=CC.C=CC(=O)OCC.C=Cc1ccccc1. The molecule has 2 nitrogen and oxygen atoms in total. The molecule has 0 aliphatic rings. The van der Waals surface area contributed by atoms with Crippen molar-refractivity contribution in [1.82, 2.24) is 0 Å². The van der Waals surface area contributed by atoms with Crippen molar-refractivity contribution >= 4 is 12.0 Å². The number of carbonyl (C=O) groups is 1. The maximum absolute atomic E-state index is 10.1. The van der Waals surface area contributed by atoms with Crippen LogP contribution in [0.15, 0.2) is 62.2 Å². The van der Waals surface area contributed by atoms with Crippen molar-refractivity contribution < 1.29 is 9.53 Å². The first-order valence-electron chi connectivity index (χ1n) is 5.69. The van der Waals surface area contributed by atoms with Crippen molar-refractivity contribution in [2.75, 3.05) is 6.61 Å². The van der Waals surface area contributed by atoms with Gasteiger partial charge in [-0.1, -0.05) is 55.6 Å².